The van der Waals surface area contributed by atoms with Gasteiger partial charge in [-0.15, -0.1) is 0 Å². The van der Waals surface area contributed by atoms with E-state index in [1.54, 1.807) is 27.7 Å². The zero-order valence-electron chi connectivity index (χ0n) is 16.5. The third kappa shape index (κ3) is 7.70. The summed E-state index contributed by atoms with van der Waals surface area (Å²) in [7, 11) is 0. The number of rotatable bonds is 11. The molecule has 4 unspecified atom stereocenters. The fourth-order valence-corrected chi connectivity index (χ4v) is 3.44. The Morgan fingerprint density at radius 2 is 1.27 bits per heavy atom. The lowest BCUT2D eigenvalue weighted by atomic mass is 9.89. The van der Waals surface area contributed by atoms with Crippen LogP contribution in [0.15, 0.2) is 12.1 Å². The molecule has 1 aromatic rings. The molecule has 0 aromatic heterocycles. The fraction of sp³-hybridized carbons (Fsp3) is 0.700. The van der Waals surface area contributed by atoms with Crippen molar-refractivity contribution in [2.24, 2.45) is 5.73 Å². The predicted octanol–water partition coefficient (Wildman–Crippen LogP) is 0.556. The Balaban J connectivity index is 3.25. The van der Waals surface area contributed by atoms with Crippen molar-refractivity contribution in [2.45, 2.75) is 78.0 Å². The van der Waals surface area contributed by atoms with Crippen LogP contribution >= 0.6 is 0 Å². The van der Waals surface area contributed by atoms with Crippen LogP contribution in [0.4, 0.5) is 0 Å². The maximum absolute atomic E-state index is 9.96. The van der Waals surface area contributed by atoms with Gasteiger partial charge in [0.05, 0.1) is 24.4 Å². The minimum atomic E-state index is -0.511. The molecular weight excluding hydrogens is 332 g/mol. The molecule has 1 aromatic carbocycles. The highest BCUT2D eigenvalue weighted by Crippen LogP contribution is 2.24. The summed E-state index contributed by atoms with van der Waals surface area (Å²) >= 11 is 0. The summed E-state index contributed by atoms with van der Waals surface area (Å²) in [5.41, 5.74) is 10.0. The standard InChI is InChI=1S/C20H36N2O4/c1-13(23)7-17-5-6-18(19(8-14(2)24)20(17)9-21)12-22(10-15(3)25)11-16(4)26/h5-6,13-16,23-26H,7-12,21H2,1-4H3. The Hall–Kier alpha value is -1.02. The molecule has 6 nitrogen and oxygen atoms in total. The highest BCUT2D eigenvalue weighted by molar-refractivity contribution is 5.42. The lowest BCUT2D eigenvalue weighted by Gasteiger charge is -2.28. The molecule has 26 heavy (non-hydrogen) atoms. The van der Waals surface area contributed by atoms with Gasteiger partial charge in [-0.3, -0.25) is 4.90 Å². The van der Waals surface area contributed by atoms with E-state index in [0.29, 0.717) is 39.0 Å². The van der Waals surface area contributed by atoms with Crippen LogP contribution < -0.4 is 5.73 Å². The van der Waals surface area contributed by atoms with E-state index in [4.69, 9.17) is 5.73 Å². The molecular formula is C20H36N2O4. The van der Waals surface area contributed by atoms with E-state index < -0.39 is 24.4 Å². The van der Waals surface area contributed by atoms with Crippen LogP contribution in [0.5, 0.6) is 0 Å². The molecule has 0 aliphatic rings. The van der Waals surface area contributed by atoms with Crippen LogP contribution in [-0.2, 0) is 25.9 Å². The third-order valence-electron chi connectivity index (χ3n) is 4.28. The first kappa shape index (κ1) is 23.0. The normalized spacial score (nSPS) is 16.5. The predicted molar refractivity (Wildman–Crippen MR) is 104 cm³/mol. The Bertz CT molecular complexity index is 535. The van der Waals surface area contributed by atoms with Gasteiger partial charge >= 0.3 is 0 Å². The van der Waals surface area contributed by atoms with Gasteiger partial charge in [0, 0.05) is 26.2 Å². The maximum Gasteiger partial charge on any atom is 0.0639 e. The summed E-state index contributed by atoms with van der Waals surface area (Å²) in [6, 6.07) is 3.99. The molecule has 4 atom stereocenters. The molecule has 0 saturated carbocycles. The summed E-state index contributed by atoms with van der Waals surface area (Å²) in [5, 5.41) is 39.2. The molecule has 0 spiro atoms. The van der Waals surface area contributed by atoms with E-state index in [1.165, 1.54) is 0 Å². The molecule has 0 aliphatic carbocycles. The van der Waals surface area contributed by atoms with Gasteiger partial charge in [0.25, 0.3) is 0 Å². The average Bonchev–Trinajstić information content (AvgIpc) is 2.47. The number of hydrogen-bond acceptors (Lipinski definition) is 6. The van der Waals surface area contributed by atoms with Crippen LogP contribution in [0.2, 0.25) is 0 Å². The van der Waals surface area contributed by atoms with Gasteiger partial charge < -0.3 is 26.2 Å². The van der Waals surface area contributed by atoms with Crippen molar-refractivity contribution in [1.29, 1.82) is 0 Å². The summed E-state index contributed by atoms with van der Waals surface area (Å²) in [6.45, 7) is 8.74. The van der Waals surface area contributed by atoms with Crippen molar-refractivity contribution in [1.82, 2.24) is 4.90 Å². The van der Waals surface area contributed by atoms with Gasteiger partial charge in [-0.1, -0.05) is 12.1 Å². The number of nitrogens with zero attached hydrogens (tertiary/aromatic N) is 1. The van der Waals surface area contributed by atoms with Crippen molar-refractivity contribution in [3.8, 4) is 0 Å². The SMILES string of the molecule is CC(O)Cc1ccc(CN(CC(C)O)CC(C)O)c(CC(C)O)c1CN. The first-order valence-corrected chi connectivity index (χ1v) is 9.41. The highest BCUT2D eigenvalue weighted by atomic mass is 16.3. The van der Waals surface area contributed by atoms with Crippen LogP contribution in [0.1, 0.15) is 49.9 Å². The summed E-state index contributed by atoms with van der Waals surface area (Å²) in [4.78, 5) is 2.00. The molecule has 6 heteroatoms. The second-order valence-corrected chi connectivity index (χ2v) is 7.54. The van der Waals surface area contributed by atoms with E-state index in [2.05, 4.69) is 0 Å². The lowest BCUT2D eigenvalue weighted by Crippen LogP contribution is -2.36. The summed E-state index contributed by atoms with van der Waals surface area (Å²) < 4.78 is 0. The van der Waals surface area contributed by atoms with Crippen molar-refractivity contribution in [3.05, 3.63) is 34.4 Å². The average molecular weight is 369 g/mol. The Kier molecular flexibility index (Phi) is 9.71. The first-order valence-electron chi connectivity index (χ1n) is 9.41. The molecule has 0 bridgehead atoms. The van der Waals surface area contributed by atoms with Gasteiger partial charge in [-0.25, -0.2) is 0 Å². The van der Waals surface area contributed by atoms with Gasteiger partial charge in [-0.2, -0.15) is 0 Å². The van der Waals surface area contributed by atoms with Crippen LogP contribution in [-0.4, -0.2) is 62.8 Å². The molecule has 6 N–H and O–H groups in total. The molecule has 0 saturated heterocycles. The Labute approximate surface area is 157 Å². The zero-order chi connectivity index (χ0) is 19.9. The minimum absolute atomic E-state index is 0.338. The molecule has 0 amide bonds. The summed E-state index contributed by atoms with van der Waals surface area (Å²) in [6.07, 6.45) is -0.984. The minimum Gasteiger partial charge on any atom is -0.393 e. The number of aliphatic hydroxyl groups excluding tert-OH is 4. The lowest BCUT2D eigenvalue weighted by molar-refractivity contribution is 0.0790. The number of benzene rings is 1. The highest BCUT2D eigenvalue weighted by Gasteiger charge is 2.19. The number of nitrogens with two attached hydrogens (primary N) is 1. The van der Waals surface area contributed by atoms with E-state index in [1.807, 2.05) is 17.0 Å². The first-order chi connectivity index (χ1) is 12.1. The molecule has 0 heterocycles. The van der Waals surface area contributed by atoms with E-state index in [0.717, 1.165) is 22.3 Å². The van der Waals surface area contributed by atoms with Gasteiger partial charge in [-0.05, 0) is 62.8 Å². The van der Waals surface area contributed by atoms with Gasteiger partial charge in [0.15, 0.2) is 0 Å². The van der Waals surface area contributed by atoms with E-state index in [-0.39, 0.29) is 0 Å². The Morgan fingerprint density at radius 1 is 0.769 bits per heavy atom. The van der Waals surface area contributed by atoms with Crippen LogP contribution in [0.3, 0.4) is 0 Å². The Morgan fingerprint density at radius 3 is 1.69 bits per heavy atom. The van der Waals surface area contributed by atoms with Crippen molar-refractivity contribution >= 4 is 0 Å². The maximum atomic E-state index is 9.96. The molecule has 0 aliphatic heterocycles. The third-order valence-corrected chi connectivity index (χ3v) is 4.28. The van der Waals surface area contributed by atoms with Crippen molar-refractivity contribution in [2.75, 3.05) is 13.1 Å². The number of aliphatic hydroxyl groups is 4. The van der Waals surface area contributed by atoms with Gasteiger partial charge in [0.2, 0.25) is 0 Å². The van der Waals surface area contributed by atoms with Gasteiger partial charge in [0.1, 0.15) is 0 Å². The molecule has 150 valence electrons. The van der Waals surface area contributed by atoms with Crippen LogP contribution in [0, 0.1) is 0 Å². The van der Waals surface area contributed by atoms with E-state index >= 15 is 0 Å². The molecule has 0 radical (unpaired) electrons. The largest absolute Gasteiger partial charge is 0.393 e. The fourth-order valence-electron chi connectivity index (χ4n) is 3.44. The second kappa shape index (κ2) is 11.0. The monoisotopic (exact) mass is 368 g/mol. The summed E-state index contributed by atoms with van der Waals surface area (Å²) in [5.74, 6) is 0. The second-order valence-electron chi connectivity index (χ2n) is 7.54. The zero-order valence-corrected chi connectivity index (χ0v) is 16.5. The van der Waals surface area contributed by atoms with Crippen molar-refractivity contribution in [3.63, 3.8) is 0 Å². The van der Waals surface area contributed by atoms with Crippen molar-refractivity contribution < 1.29 is 20.4 Å². The van der Waals surface area contributed by atoms with E-state index in [9.17, 15) is 20.4 Å². The topological polar surface area (TPSA) is 110 Å². The molecule has 0 fully saturated rings. The number of hydrogen-bond donors (Lipinski definition) is 5. The smallest absolute Gasteiger partial charge is 0.0639 e. The van der Waals surface area contributed by atoms with Crippen LogP contribution in [0.25, 0.3) is 0 Å². The molecule has 1 rings (SSSR count). The quantitative estimate of drug-likeness (QED) is 0.390.